The monoisotopic (exact) mass is 568 g/mol. The first kappa shape index (κ1) is 28.2. The Labute approximate surface area is 234 Å². The maximum absolute atomic E-state index is 13.6. The van der Waals surface area contributed by atoms with Crippen LogP contribution in [0.15, 0.2) is 70.6 Å². The second kappa shape index (κ2) is 11.3. The van der Waals surface area contributed by atoms with E-state index in [0.29, 0.717) is 47.7 Å². The number of rotatable bonds is 5. The highest BCUT2D eigenvalue weighted by molar-refractivity contribution is 6.20. The summed E-state index contributed by atoms with van der Waals surface area (Å²) in [5.41, 5.74) is 1.95. The van der Waals surface area contributed by atoms with E-state index in [4.69, 9.17) is 0 Å². The van der Waals surface area contributed by atoms with Crippen molar-refractivity contribution in [3.8, 4) is 0 Å². The molecule has 0 aliphatic carbocycles. The molecular formula is C29H31F3N6O3. The number of aliphatic imine (C=N–C) groups is 1. The molecule has 1 atom stereocenters. The van der Waals surface area contributed by atoms with Gasteiger partial charge in [-0.1, -0.05) is 62.4 Å². The van der Waals surface area contributed by atoms with Crippen molar-refractivity contribution in [2.24, 2.45) is 4.99 Å². The summed E-state index contributed by atoms with van der Waals surface area (Å²) < 4.78 is 42.6. The van der Waals surface area contributed by atoms with Crippen molar-refractivity contribution in [1.82, 2.24) is 19.8 Å². The molecule has 9 nitrogen and oxygen atoms in total. The Morgan fingerprint density at radius 3 is 2.34 bits per heavy atom. The van der Waals surface area contributed by atoms with Crippen molar-refractivity contribution in [1.29, 1.82) is 0 Å². The molecule has 0 unspecified atom stereocenters. The lowest BCUT2D eigenvalue weighted by atomic mass is 10.0. The van der Waals surface area contributed by atoms with Crippen LogP contribution in [0, 0.1) is 0 Å². The van der Waals surface area contributed by atoms with E-state index in [-0.39, 0.29) is 23.3 Å². The van der Waals surface area contributed by atoms with Gasteiger partial charge in [-0.2, -0.15) is 13.2 Å². The molecule has 2 aliphatic heterocycles. The van der Waals surface area contributed by atoms with Gasteiger partial charge in [0.1, 0.15) is 6.54 Å². The van der Waals surface area contributed by atoms with Crippen LogP contribution in [-0.2, 0) is 4.79 Å². The number of carbonyl (C=O) groups excluding carboxylic acids is 2. The molecule has 3 heterocycles. The third-order valence-electron chi connectivity index (χ3n) is 7.38. The summed E-state index contributed by atoms with van der Waals surface area (Å²) in [6.07, 6.45) is -3.44. The van der Waals surface area contributed by atoms with Crippen LogP contribution in [-0.4, -0.2) is 64.1 Å². The number of benzene rings is 2. The van der Waals surface area contributed by atoms with Crippen LogP contribution in [0.25, 0.3) is 0 Å². The summed E-state index contributed by atoms with van der Waals surface area (Å²) in [6, 6.07) is 14.4. The Morgan fingerprint density at radius 2 is 1.71 bits per heavy atom. The van der Waals surface area contributed by atoms with Crippen molar-refractivity contribution in [3.05, 3.63) is 88.1 Å². The molecule has 0 bridgehead atoms. The number of halogens is 3. The van der Waals surface area contributed by atoms with Gasteiger partial charge in [0.15, 0.2) is 0 Å². The zero-order valence-electron chi connectivity index (χ0n) is 22.7. The number of hydrogen-bond donors (Lipinski definition) is 2. The number of hydrogen-bond acceptors (Lipinski definition) is 4. The van der Waals surface area contributed by atoms with E-state index in [0.717, 1.165) is 5.69 Å². The van der Waals surface area contributed by atoms with Crippen LogP contribution >= 0.6 is 0 Å². The second-order valence-electron chi connectivity index (χ2n) is 10.5. The van der Waals surface area contributed by atoms with Crippen molar-refractivity contribution in [2.45, 2.75) is 51.0 Å². The molecule has 41 heavy (non-hydrogen) atoms. The Kier molecular flexibility index (Phi) is 7.74. The van der Waals surface area contributed by atoms with Crippen LogP contribution in [0.2, 0.25) is 0 Å². The maximum Gasteiger partial charge on any atom is 0.406 e. The molecule has 12 heteroatoms. The Hall–Kier alpha value is -4.35. The number of alkyl halides is 3. The van der Waals surface area contributed by atoms with Gasteiger partial charge in [-0.05, 0) is 24.8 Å². The summed E-state index contributed by atoms with van der Waals surface area (Å²) in [7, 11) is 0. The van der Waals surface area contributed by atoms with Gasteiger partial charge in [-0.15, -0.1) is 0 Å². The van der Waals surface area contributed by atoms with E-state index >= 15 is 0 Å². The number of anilines is 1. The number of piperidine rings is 1. The highest BCUT2D eigenvalue weighted by Crippen LogP contribution is 2.31. The largest absolute Gasteiger partial charge is 0.406 e. The van der Waals surface area contributed by atoms with E-state index in [9.17, 15) is 27.6 Å². The van der Waals surface area contributed by atoms with Crippen LogP contribution in [0.4, 0.5) is 23.7 Å². The van der Waals surface area contributed by atoms with Gasteiger partial charge in [0.2, 0.25) is 6.17 Å². The molecule has 216 valence electrons. The molecule has 3 aromatic rings. The van der Waals surface area contributed by atoms with Gasteiger partial charge in [-0.25, -0.2) is 14.6 Å². The van der Waals surface area contributed by atoms with Crippen molar-refractivity contribution >= 4 is 23.3 Å². The van der Waals surface area contributed by atoms with Crippen LogP contribution in [0.1, 0.15) is 55.5 Å². The SMILES string of the molecule is CC(C)c1cn(C2CCN(C(=O)N[C@@H]3N=C(c4ccccc4)c4ccccc4N(CC(F)(F)F)C3=O)CC2)c(=O)[nH]1. The van der Waals surface area contributed by atoms with E-state index in [1.807, 2.05) is 20.0 Å². The zero-order valence-corrected chi connectivity index (χ0v) is 22.7. The second-order valence-corrected chi connectivity index (χ2v) is 10.5. The molecule has 2 N–H and O–H groups in total. The van der Waals surface area contributed by atoms with Crippen LogP contribution < -0.4 is 15.9 Å². The number of imidazole rings is 1. The normalized spacial score (nSPS) is 18.2. The number of fused-ring (bicyclic) bond motifs is 1. The number of nitrogens with one attached hydrogen (secondary N) is 2. The number of para-hydroxylation sites is 1. The predicted molar refractivity (Wildman–Crippen MR) is 148 cm³/mol. The number of nitrogens with zero attached hydrogens (tertiary/aromatic N) is 4. The number of H-pyrrole nitrogens is 1. The fourth-order valence-electron chi connectivity index (χ4n) is 5.24. The van der Waals surface area contributed by atoms with Gasteiger partial charge in [0, 0.05) is 42.1 Å². The van der Waals surface area contributed by atoms with Gasteiger partial charge in [0.05, 0.1) is 11.4 Å². The standard InChI is InChI=1S/C29H31F3N6O3/c1-18(2)22-16-37(28(41)33-22)20-12-14-36(15-13-20)27(40)35-25-26(39)38(17-29(30,31)32)23-11-7-6-10-21(23)24(34-25)19-8-4-3-5-9-19/h3-11,16,18,20,25H,12-15,17H2,1-2H3,(H,33,41)(H,35,40)/t25-/m0/s1. The molecule has 5 rings (SSSR count). The molecular weight excluding hydrogens is 537 g/mol. The third-order valence-corrected chi connectivity index (χ3v) is 7.38. The summed E-state index contributed by atoms with van der Waals surface area (Å²) in [5, 5.41) is 2.58. The average Bonchev–Trinajstić information content (AvgIpc) is 3.31. The van der Waals surface area contributed by atoms with Crippen LogP contribution in [0.3, 0.4) is 0 Å². The molecule has 0 radical (unpaired) electrons. The fourth-order valence-corrected chi connectivity index (χ4v) is 5.24. The number of carbonyl (C=O) groups is 2. The van der Waals surface area contributed by atoms with Crippen molar-refractivity contribution in [3.63, 3.8) is 0 Å². The Bertz CT molecular complexity index is 1500. The van der Waals surface area contributed by atoms with Crippen LogP contribution in [0.5, 0.6) is 0 Å². The highest BCUT2D eigenvalue weighted by atomic mass is 19.4. The van der Waals surface area contributed by atoms with Gasteiger partial charge < -0.3 is 15.2 Å². The first-order chi connectivity index (χ1) is 19.5. The molecule has 2 aromatic carbocycles. The van der Waals surface area contributed by atoms with E-state index < -0.39 is 30.8 Å². The lowest BCUT2D eigenvalue weighted by molar-refractivity contribution is -0.133. The van der Waals surface area contributed by atoms with Crippen molar-refractivity contribution < 1.29 is 22.8 Å². The number of urea groups is 1. The number of likely N-dealkylation sites (tertiary alicyclic amines) is 1. The van der Waals surface area contributed by atoms with Gasteiger partial charge in [-0.3, -0.25) is 14.3 Å². The summed E-state index contributed by atoms with van der Waals surface area (Å²) in [6.45, 7) is 3.04. The number of aromatic nitrogens is 2. The first-order valence-electron chi connectivity index (χ1n) is 13.5. The smallest absolute Gasteiger partial charge is 0.325 e. The average molecular weight is 569 g/mol. The molecule has 0 saturated carbocycles. The van der Waals surface area contributed by atoms with Gasteiger partial charge >= 0.3 is 17.9 Å². The van der Waals surface area contributed by atoms with E-state index in [2.05, 4.69) is 15.3 Å². The number of benzodiazepines with no additional fused rings is 1. The summed E-state index contributed by atoms with van der Waals surface area (Å²) in [4.78, 5) is 48.8. The summed E-state index contributed by atoms with van der Waals surface area (Å²) in [5.74, 6) is -0.819. The molecule has 1 saturated heterocycles. The van der Waals surface area contributed by atoms with E-state index in [1.54, 1.807) is 53.1 Å². The van der Waals surface area contributed by atoms with Crippen molar-refractivity contribution in [2.75, 3.05) is 24.5 Å². The molecule has 1 fully saturated rings. The maximum atomic E-state index is 13.6. The lowest BCUT2D eigenvalue weighted by Gasteiger charge is -2.33. The first-order valence-corrected chi connectivity index (χ1v) is 13.5. The minimum Gasteiger partial charge on any atom is -0.325 e. The fraction of sp³-hybridized carbons (Fsp3) is 0.379. The number of aromatic amines is 1. The Morgan fingerprint density at radius 1 is 1.05 bits per heavy atom. The molecule has 1 aromatic heterocycles. The lowest BCUT2D eigenvalue weighted by Crippen LogP contribution is -2.54. The molecule has 2 aliphatic rings. The number of amides is 3. The van der Waals surface area contributed by atoms with E-state index in [1.165, 1.54) is 11.0 Å². The zero-order chi connectivity index (χ0) is 29.3. The Balaban J connectivity index is 1.40. The predicted octanol–water partition coefficient (Wildman–Crippen LogP) is 4.42. The minimum atomic E-state index is -4.68. The molecule has 0 spiro atoms. The highest BCUT2D eigenvalue weighted by Gasteiger charge is 2.40. The summed E-state index contributed by atoms with van der Waals surface area (Å²) >= 11 is 0. The van der Waals surface area contributed by atoms with Gasteiger partial charge in [0.25, 0.3) is 5.91 Å². The molecule has 3 amide bonds. The quantitative estimate of drug-likeness (QED) is 0.477. The third kappa shape index (κ3) is 6.06. The minimum absolute atomic E-state index is 0.0627. The topological polar surface area (TPSA) is 103 Å².